The molecule has 0 bridgehead atoms. The maximum Gasteiger partial charge on any atom is 0.272 e. The predicted octanol–water partition coefficient (Wildman–Crippen LogP) is 5.54. The number of hydrogen-bond acceptors (Lipinski definition) is 6. The van der Waals surface area contributed by atoms with Gasteiger partial charge >= 0.3 is 0 Å². The van der Waals surface area contributed by atoms with Crippen LogP contribution in [0, 0.1) is 47.9 Å². The number of aryl methyl sites for hydroxylation is 4. The Labute approximate surface area is 147 Å². The molecule has 0 aliphatic rings. The van der Waals surface area contributed by atoms with Gasteiger partial charge < -0.3 is 0 Å². The van der Waals surface area contributed by atoms with Crippen LogP contribution in [-0.2, 0) is 0 Å². The van der Waals surface area contributed by atoms with E-state index in [1.54, 1.807) is 38.1 Å². The van der Waals surface area contributed by atoms with E-state index in [0.29, 0.717) is 11.1 Å². The highest BCUT2D eigenvalue weighted by atomic mass is 33.1. The average Bonchev–Trinajstić information content (AvgIpc) is 2.49. The van der Waals surface area contributed by atoms with E-state index in [4.69, 9.17) is 0 Å². The molecule has 2 aromatic carbocycles. The lowest BCUT2D eigenvalue weighted by Crippen LogP contribution is -1.94. The molecule has 0 heterocycles. The maximum atomic E-state index is 11.0. The third-order valence-corrected chi connectivity index (χ3v) is 6.25. The summed E-state index contributed by atoms with van der Waals surface area (Å²) in [5.41, 5.74) is 3.13. The quantitative estimate of drug-likeness (QED) is 0.393. The van der Waals surface area contributed by atoms with Crippen molar-refractivity contribution >= 4 is 33.0 Å². The SMILES string of the molecule is Cc1cc([N+](=O)[O-])c(C)cc1SSc1cc(C)c([N+](=O)[O-])cc1C. The molecule has 126 valence electrons. The van der Waals surface area contributed by atoms with Crippen LogP contribution in [0.3, 0.4) is 0 Å². The molecular formula is C16H16N2O4S2. The van der Waals surface area contributed by atoms with E-state index in [-0.39, 0.29) is 21.2 Å². The molecule has 0 aliphatic carbocycles. The first-order chi connectivity index (χ1) is 11.2. The summed E-state index contributed by atoms with van der Waals surface area (Å²) in [6.07, 6.45) is 0. The zero-order chi connectivity index (χ0) is 18.0. The lowest BCUT2D eigenvalue weighted by molar-refractivity contribution is -0.385. The number of rotatable bonds is 5. The summed E-state index contributed by atoms with van der Waals surface area (Å²) in [7, 11) is 2.99. The molecule has 0 amide bonds. The molecule has 8 heteroatoms. The monoisotopic (exact) mass is 364 g/mol. The van der Waals surface area contributed by atoms with Gasteiger partial charge in [-0.1, -0.05) is 21.6 Å². The van der Waals surface area contributed by atoms with E-state index in [2.05, 4.69) is 0 Å². The van der Waals surface area contributed by atoms with Crippen LogP contribution in [0.5, 0.6) is 0 Å². The molecule has 2 rings (SSSR count). The lowest BCUT2D eigenvalue weighted by Gasteiger charge is -2.09. The lowest BCUT2D eigenvalue weighted by atomic mass is 10.1. The molecular weight excluding hydrogens is 348 g/mol. The van der Waals surface area contributed by atoms with Crippen molar-refractivity contribution in [2.24, 2.45) is 0 Å². The van der Waals surface area contributed by atoms with E-state index < -0.39 is 0 Å². The van der Waals surface area contributed by atoms with Crippen LogP contribution in [0.15, 0.2) is 34.1 Å². The van der Waals surface area contributed by atoms with Crippen molar-refractivity contribution in [1.29, 1.82) is 0 Å². The van der Waals surface area contributed by atoms with Gasteiger partial charge in [0.15, 0.2) is 0 Å². The molecule has 0 N–H and O–H groups in total. The summed E-state index contributed by atoms with van der Waals surface area (Å²) in [5, 5.41) is 21.9. The van der Waals surface area contributed by atoms with Crippen molar-refractivity contribution < 1.29 is 9.85 Å². The number of hydrogen-bond donors (Lipinski definition) is 0. The molecule has 0 saturated heterocycles. The average molecular weight is 364 g/mol. The Morgan fingerprint density at radius 2 is 1.00 bits per heavy atom. The largest absolute Gasteiger partial charge is 0.272 e. The fraction of sp³-hybridized carbons (Fsp3) is 0.250. The van der Waals surface area contributed by atoms with Gasteiger partial charge in [0.2, 0.25) is 0 Å². The Hall–Kier alpha value is -2.06. The summed E-state index contributed by atoms with van der Waals surface area (Å²) in [4.78, 5) is 23.1. The minimum Gasteiger partial charge on any atom is -0.258 e. The summed E-state index contributed by atoms with van der Waals surface area (Å²) < 4.78 is 0. The van der Waals surface area contributed by atoms with Crippen LogP contribution in [0.2, 0.25) is 0 Å². The van der Waals surface area contributed by atoms with Gasteiger partial charge in [-0.15, -0.1) is 0 Å². The molecule has 0 spiro atoms. The molecule has 0 atom stereocenters. The second-order valence-electron chi connectivity index (χ2n) is 5.49. The van der Waals surface area contributed by atoms with Crippen LogP contribution < -0.4 is 0 Å². The molecule has 2 aromatic rings. The molecule has 6 nitrogen and oxygen atoms in total. The number of benzene rings is 2. The Morgan fingerprint density at radius 3 is 1.29 bits per heavy atom. The van der Waals surface area contributed by atoms with Crippen LogP contribution in [0.25, 0.3) is 0 Å². The second kappa shape index (κ2) is 7.23. The van der Waals surface area contributed by atoms with Gasteiger partial charge in [-0.05, 0) is 51.0 Å². The minimum absolute atomic E-state index is 0.115. The Bertz CT molecular complexity index is 768. The number of nitro groups is 2. The first-order valence-corrected chi connectivity index (χ1v) is 9.21. The number of nitro benzene ring substituents is 2. The molecule has 0 fully saturated rings. The van der Waals surface area contributed by atoms with Crippen molar-refractivity contribution in [3.63, 3.8) is 0 Å². The Balaban J connectivity index is 2.26. The van der Waals surface area contributed by atoms with Gasteiger partial charge in [0.1, 0.15) is 0 Å². The topological polar surface area (TPSA) is 86.3 Å². The van der Waals surface area contributed by atoms with Crippen LogP contribution >= 0.6 is 21.6 Å². The van der Waals surface area contributed by atoms with E-state index in [1.165, 1.54) is 21.6 Å². The van der Waals surface area contributed by atoms with Gasteiger partial charge in [-0.2, -0.15) is 0 Å². The van der Waals surface area contributed by atoms with E-state index in [9.17, 15) is 20.2 Å². The highest BCUT2D eigenvalue weighted by molar-refractivity contribution is 8.76. The standard InChI is InChI=1S/C16H16N2O4S2/c1-9-7-15(11(3)5-13(9)17(19)20)23-24-16-8-10(2)14(18(21)22)6-12(16)4/h5-8H,1-4H3. The van der Waals surface area contributed by atoms with Crippen molar-refractivity contribution in [2.45, 2.75) is 37.5 Å². The molecule has 24 heavy (non-hydrogen) atoms. The summed E-state index contributed by atoms with van der Waals surface area (Å²) in [6, 6.07) is 6.76. The molecule has 0 saturated carbocycles. The second-order valence-corrected chi connectivity index (χ2v) is 7.70. The normalized spacial score (nSPS) is 10.7. The highest BCUT2D eigenvalue weighted by Crippen LogP contribution is 2.43. The fourth-order valence-electron chi connectivity index (χ4n) is 2.21. The van der Waals surface area contributed by atoms with E-state index >= 15 is 0 Å². The van der Waals surface area contributed by atoms with Crippen molar-refractivity contribution in [3.05, 3.63) is 66.7 Å². The molecule has 0 unspecified atom stereocenters. The molecule has 0 aromatic heterocycles. The van der Waals surface area contributed by atoms with Gasteiger partial charge in [-0.3, -0.25) is 20.2 Å². The first kappa shape index (κ1) is 18.3. The van der Waals surface area contributed by atoms with Gasteiger partial charge in [0.25, 0.3) is 11.4 Å². The molecule has 0 radical (unpaired) electrons. The zero-order valence-electron chi connectivity index (χ0n) is 13.7. The van der Waals surface area contributed by atoms with E-state index in [0.717, 1.165) is 20.9 Å². The van der Waals surface area contributed by atoms with E-state index in [1.807, 2.05) is 13.8 Å². The Morgan fingerprint density at radius 1 is 0.667 bits per heavy atom. The highest BCUT2D eigenvalue weighted by Gasteiger charge is 2.16. The van der Waals surface area contributed by atoms with Crippen molar-refractivity contribution in [2.75, 3.05) is 0 Å². The first-order valence-electron chi connectivity index (χ1n) is 7.06. The zero-order valence-corrected chi connectivity index (χ0v) is 15.3. The smallest absolute Gasteiger partial charge is 0.258 e. The number of nitrogens with zero attached hydrogens (tertiary/aromatic N) is 2. The maximum absolute atomic E-state index is 11.0. The fourth-order valence-corrected chi connectivity index (χ4v) is 4.84. The van der Waals surface area contributed by atoms with Crippen molar-refractivity contribution in [3.8, 4) is 0 Å². The van der Waals surface area contributed by atoms with Crippen molar-refractivity contribution in [1.82, 2.24) is 0 Å². The molecule has 0 aliphatic heterocycles. The Kier molecular flexibility index (Phi) is 5.51. The third kappa shape index (κ3) is 3.88. The van der Waals surface area contributed by atoms with Crippen LogP contribution in [0.1, 0.15) is 22.3 Å². The van der Waals surface area contributed by atoms with Gasteiger partial charge in [0, 0.05) is 33.1 Å². The minimum atomic E-state index is -0.381. The van der Waals surface area contributed by atoms with Gasteiger partial charge in [-0.25, -0.2) is 0 Å². The summed E-state index contributed by atoms with van der Waals surface area (Å²) in [6.45, 7) is 7.10. The summed E-state index contributed by atoms with van der Waals surface area (Å²) >= 11 is 0. The van der Waals surface area contributed by atoms with Gasteiger partial charge in [0.05, 0.1) is 9.85 Å². The van der Waals surface area contributed by atoms with Crippen LogP contribution in [0.4, 0.5) is 11.4 Å². The summed E-state index contributed by atoms with van der Waals surface area (Å²) in [5.74, 6) is 0. The third-order valence-electron chi connectivity index (χ3n) is 3.60. The predicted molar refractivity (Wildman–Crippen MR) is 96.9 cm³/mol. The van der Waals surface area contributed by atoms with Crippen LogP contribution in [-0.4, -0.2) is 9.85 Å².